The van der Waals surface area contributed by atoms with Gasteiger partial charge in [0, 0.05) is 31.9 Å². The van der Waals surface area contributed by atoms with Crippen molar-refractivity contribution < 1.29 is 14.3 Å². The molecular weight excluding hydrogens is 482 g/mol. The van der Waals surface area contributed by atoms with Crippen LogP contribution in [0.2, 0.25) is 5.02 Å². The maximum Gasteiger partial charge on any atom is 0.264 e. The van der Waals surface area contributed by atoms with Gasteiger partial charge in [0.05, 0.1) is 28.3 Å². The fourth-order valence-corrected chi connectivity index (χ4v) is 5.30. The highest BCUT2D eigenvalue weighted by atomic mass is 35.5. The minimum absolute atomic E-state index is 0.0768. The number of fused-ring (bicyclic) bond motifs is 1. The van der Waals surface area contributed by atoms with Crippen molar-refractivity contribution in [1.82, 2.24) is 4.90 Å². The molecule has 178 valence electrons. The number of carbonyl (C=O) groups is 2. The van der Waals surface area contributed by atoms with Gasteiger partial charge in [0.25, 0.3) is 11.8 Å². The van der Waals surface area contributed by atoms with Crippen LogP contribution in [-0.2, 0) is 0 Å². The Morgan fingerprint density at radius 1 is 0.943 bits per heavy atom. The molecule has 8 heteroatoms. The molecule has 35 heavy (non-hydrogen) atoms. The minimum Gasteiger partial charge on any atom is -0.496 e. The smallest absolute Gasteiger partial charge is 0.264 e. The second-order valence-electron chi connectivity index (χ2n) is 8.28. The van der Waals surface area contributed by atoms with Crippen molar-refractivity contribution in [3.63, 3.8) is 0 Å². The number of hydrogen-bond acceptors (Lipinski definition) is 5. The van der Waals surface area contributed by atoms with Gasteiger partial charge in [-0.25, -0.2) is 0 Å². The Morgan fingerprint density at radius 2 is 1.69 bits per heavy atom. The molecule has 1 aromatic heterocycles. The van der Waals surface area contributed by atoms with Crippen LogP contribution in [0.1, 0.15) is 20.0 Å². The molecule has 1 aliphatic heterocycles. The van der Waals surface area contributed by atoms with E-state index in [0.29, 0.717) is 48.2 Å². The van der Waals surface area contributed by atoms with Crippen molar-refractivity contribution in [1.29, 1.82) is 0 Å². The van der Waals surface area contributed by atoms with E-state index in [1.165, 1.54) is 11.3 Å². The van der Waals surface area contributed by atoms with Crippen LogP contribution in [0, 0.1) is 0 Å². The average molecular weight is 506 g/mol. The van der Waals surface area contributed by atoms with Gasteiger partial charge in [-0.15, -0.1) is 11.3 Å². The van der Waals surface area contributed by atoms with Crippen molar-refractivity contribution >= 4 is 56.9 Å². The molecule has 0 bridgehead atoms. The lowest BCUT2D eigenvalue weighted by atomic mass is 10.1. The van der Waals surface area contributed by atoms with E-state index in [1.807, 2.05) is 70.9 Å². The van der Waals surface area contributed by atoms with Crippen molar-refractivity contribution in [3.8, 4) is 5.75 Å². The Kier molecular flexibility index (Phi) is 6.61. The van der Waals surface area contributed by atoms with Crippen LogP contribution < -0.4 is 15.0 Å². The van der Waals surface area contributed by atoms with Gasteiger partial charge in [-0.3, -0.25) is 9.59 Å². The van der Waals surface area contributed by atoms with Crippen LogP contribution in [0.15, 0.2) is 72.1 Å². The van der Waals surface area contributed by atoms with E-state index in [-0.39, 0.29) is 11.8 Å². The minimum atomic E-state index is -0.267. The number of rotatable bonds is 5. The summed E-state index contributed by atoms with van der Waals surface area (Å²) in [6.07, 6.45) is 0. The lowest BCUT2D eigenvalue weighted by Crippen LogP contribution is -2.48. The third-order valence-electron chi connectivity index (χ3n) is 6.16. The second kappa shape index (κ2) is 9.98. The van der Waals surface area contributed by atoms with Crippen molar-refractivity contribution in [2.75, 3.05) is 43.5 Å². The number of thiophene rings is 1. The van der Waals surface area contributed by atoms with Crippen LogP contribution in [0.3, 0.4) is 0 Å². The maximum atomic E-state index is 13.1. The molecule has 0 atom stereocenters. The van der Waals surface area contributed by atoms with Gasteiger partial charge in [-0.2, -0.15) is 0 Å². The summed E-state index contributed by atoms with van der Waals surface area (Å²) in [5, 5.41) is 7.36. The lowest BCUT2D eigenvalue weighted by molar-refractivity contribution is 0.0751. The summed E-state index contributed by atoms with van der Waals surface area (Å²) >= 11 is 8.08. The van der Waals surface area contributed by atoms with Crippen LogP contribution >= 0.6 is 22.9 Å². The normalized spacial score (nSPS) is 13.7. The summed E-state index contributed by atoms with van der Waals surface area (Å²) in [4.78, 5) is 30.5. The van der Waals surface area contributed by atoms with Gasteiger partial charge >= 0.3 is 0 Å². The van der Waals surface area contributed by atoms with E-state index in [9.17, 15) is 9.59 Å². The predicted octanol–water partition coefficient (Wildman–Crippen LogP) is 5.78. The number of anilines is 2. The number of halogens is 1. The number of nitrogens with zero attached hydrogens (tertiary/aromatic N) is 2. The zero-order chi connectivity index (χ0) is 24.4. The number of hydrogen-bond donors (Lipinski definition) is 1. The van der Waals surface area contributed by atoms with E-state index in [0.717, 1.165) is 21.3 Å². The summed E-state index contributed by atoms with van der Waals surface area (Å²) in [5.41, 5.74) is 1.94. The van der Waals surface area contributed by atoms with Gasteiger partial charge in [0.2, 0.25) is 0 Å². The number of ether oxygens (including phenoxy) is 1. The van der Waals surface area contributed by atoms with Crippen LogP contribution in [0.4, 0.5) is 11.4 Å². The van der Waals surface area contributed by atoms with Crippen molar-refractivity contribution in [2.45, 2.75) is 0 Å². The molecule has 5 rings (SSSR count). The number of methoxy groups -OCH3 is 1. The quantitative estimate of drug-likeness (QED) is 0.373. The molecule has 2 amide bonds. The van der Waals surface area contributed by atoms with Gasteiger partial charge < -0.3 is 19.9 Å². The molecule has 1 saturated heterocycles. The predicted molar refractivity (Wildman–Crippen MR) is 142 cm³/mol. The van der Waals surface area contributed by atoms with Crippen molar-refractivity contribution in [3.05, 3.63) is 87.6 Å². The molecule has 1 aliphatic rings. The molecule has 1 N–H and O–H groups in total. The number of piperazine rings is 1. The molecule has 0 radical (unpaired) electrons. The average Bonchev–Trinajstić information content (AvgIpc) is 3.43. The largest absolute Gasteiger partial charge is 0.496 e. The highest BCUT2D eigenvalue weighted by Gasteiger charge is 2.24. The first-order valence-corrected chi connectivity index (χ1v) is 12.5. The van der Waals surface area contributed by atoms with Gasteiger partial charge in [-0.05, 0) is 52.6 Å². The Hall–Kier alpha value is -3.55. The third kappa shape index (κ3) is 4.83. The van der Waals surface area contributed by atoms with Gasteiger partial charge in [0.15, 0.2) is 0 Å². The number of benzene rings is 3. The SMILES string of the molecule is COc1cc2ccccc2cc1C(=O)Nc1ccc(N2CCN(C(=O)c3cccs3)CC2)c(Cl)c1. The molecule has 0 unspecified atom stereocenters. The van der Waals surface area contributed by atoms with Crippen molar-refractivity contribution in [2.24, 2.45) is 0 Å². The molecule has 1 fully saturated rings. The summed E-state index contributed by atoms with van der Waals surface area (Å²) in [7, 11) is 1.56. The number of amides is 2. The Balaban J connectivity index is 1.27. The molecule has 6 nitrogen and oxygen atoms in total. The number of nitrogens with one attached hydrogen (secondary N) is 1. The molecule has 4 aromatic rings. The van der Waals surface area contributed by atoms with E-state index in [2.05, 4.69) is 10.2 Å². The first-order valence-electron chi connectivity index (χ1n) is 11.3. The first-order chi connectivity index (χ1) is 17.0. The molecular formula is C27H24ClN3O3S. The summed E-state index contributed by atoms with van der Waals surface area (Å²) in [6, 6.07) is 20.8. The molecule has 2 heterocycles. The lowest BCUT2D eigenvalue weighted by Gasteiger charge is -2.36. The summed E-state index contributed by atoms with van der Waals surface area (Å²) in [5.74, 6) is 0.323. The number of carbonyl (C=O) groups excluding carboxylic acids is 2. The maximum absolute atomic E-state index is 13.1. The zero-order valence-corrected chi connectivity index (χ0v) is 20.7. The topological polar surface area (TPSA) is 61.9 Å². The van der Waals surface area contributed by atoms with Crippen LogP contribution in [0.25, 0.3) is 10.8 Å². The highest BCUT2D eigenvalue weighted by molar-refractivity contribution is 7.12. The van der Waals surface area contributed by atoms with Gasteiger partial charge in [0.1, 0.15) is 5.75 Å². The van der Waals surface area contributed by atoms with E-state index >= 15 is 0 Å². The van der Waals surface area contributed by atoms with E-state index in [1.54, 1.807) is 13.2 Å². The third-order valence-corrected chi connectivity index (χ3v) is 7.32. The second-order valence-corrected chi connectivity index (χ2v) is 9.63. The Morgan fingerprint density at radius 3 is 2.34 bits per heavy atom. The summed E-state index contributed by atoms with van der Waals surface area (Å²) < 4.78 is 5.46. The van der Waals surface area contributed by atoms with E-state index < -0.39 is 0 Å². The zero-order valence-electron chi connectivity index (χ0n) is 19.2. The molecule has 0 saturated carbocycles. The fourth-order valence-electron chi connectivity index (χ4n) is 4.31. The van der Waals surface area contributed by atoms with Gasteiger partial charge in [-0.1, -0.05) is 41.9 Å². The Labute approximate surface area is 212 Å². The Bertz CT molecular complexity index is 1380. The molecule has 0 aliphatic carbocycles. The first kappa shape index (κ1) is 23.2. The highest BCUT2D eigenvalue weighted by Crippen LogP contribution is 2.31. The van der Waals surface area contributed by atoms with Crippen LogP contribution in [0.5, 0.6) is 5.75 Å². The summed E-state index contributed by atoms with van der Waals surface area (Å²) in [6.45, 7) is 2.65. The van der Waals surface area contributed by atoms with E-state index in [4.69, 9.17) is 16.3 Å². The molecule has 3 aromatic carbocycles. The monoisotopic (exact) mass is 505 g/mol. The standard InChI is InChI=1S/C27H24ClN3O3S/c1-34-24-16-19-6-3-2-5-18(19)15-21(24)26(32)29-20-8-9-23(22(28)17-20)30-10-12-31(13-11-30)27(33)25-7-4-14-35-25/h2-9,14-17H,10-13H2,1H3,(H,29,32). The fraction of sp³-hybridized carbons (Fsp3) is 0.185. The molecule has 0 spiro atoms. The van der Waals surface area contributed by atoms with Crippen LogP contribution in [-0.4, -0.2) is 50.0 Å².